The first kappa shape index (κ1) is 21.2. The number of aliphatic hydroxyl groups is 1. The van der Waals surface area contributed by atoms with Gasteiger partial charge in [0.15, 0.2) is 11.5 Å². The number of aryl methyl sites for hydroxylation is 1. The molecular formula is C22H28N6O3. The Morgan fingerprint density at radius 3 is 2.81 bits per heavy atom. The Balaban J connectivity index is 1.37. The molecule has 1 aliphatic heterocycles. The van der Waals surface area contributed by atoms with Crippen LogP contribution >= 0.6 is 0 Å². The summed E-state index contributed by atoms with van der Waals surface area (Å²) in [6.45, 7) is 5.20. The van der Waals surface area contributed by atoms with Crippen LogP contribution in [-0.4, -0.2) is 60.7 Å². The average Bonchev–Trinajstić information content (AvgIpc) is 3.40. The predicted molar refractivity (Wildman–Crippen MR) is 116 cm³/mol. The van der Waals surface area contributed by atoms with Crippen LogP contribution in [0.5, 0.6) is 0 Å². The van der Waals surface area contributed by atoms with Crippen LogP contribution in [-0.2, 0) is 16.1 Å². The van der Waals surface area contributed by atoms with Gasteiger partial charge in [-0.15, -0.1) is 0 Å². The van der Waals surface area contributed by atoms with E-state index in [-0.39, 0.29) is 18.6 Å². The van der Waals surface area contributed by atoms with E-state index in [4.69, 9.17) is 10.5 Å². The van der Waals surface area contributed by atoms with Gasteiger partial charge in [0.2, 0.25) is 0 Å². The number of rotatable bonds is 7. The number of anilines is 1. The van der Waals surface area contributed by atoms with Crippen LogP contribution in [0.25, 0.3) is 11.2 Å². The van der Waals surface area contributed by atoms with Gasteiger partial charge in [0.25, 0.3) is 5.91 Å². The number of amides is 1. The molecule has 3 N–H and O–H groups in total. The van der Waals surface area contributed by atoms with Gasteiger partial charge in [0.05, 0.1) is 31.6 Å². The molecule has 3 aromatic rings. The number of carbonyl (C=O) groups is 1. The van der Waals surface area contributed by atoms with Gasteiger partial charge in [-0.3, -0.25) is 4.79 Å². The van der Waals surface area contributed by atoms with Crippen LogP contribution in [0.2, 0.25) is 0 Å². The van der Waals surface area contributed by atoms with Crippen molar-refractivity contribution in [3.05, 3.63) is 48.0 Å². The Hall–Kier alpha value is -3.04. The molecule has 1 aromatic carbocycles. The fourth-order valence-electron chi connectivity index (χ4n) is 3.95. The first-order valence-corrected chi connectivity index (χ1v) is 10.6. The summed E-state index contributed by atoms with van der Waals surface area (Å²) in [6, 6.07) is 7.71. The molecule has 0 spiro atoms. The zero-order valence-corrected chi connectivity index (χ0v) is 17.8. The van der Waals surface area contributed by atoms with Crippen LogP contribution in [0.15, 0.2) is 36.9 Å². The molecule has 1 amide bonds. The molecule has 1 fully saturated rings. The Morgan fingerprint density at radius 1 is 1.29 bits per heavy atom. The second-order valence-electron chi connectivity index (χ2n) is 7.96. The molecule has 0 aliphatic carbocycles. The number of hydrogen-bond donors (Lipinski definition) is 2. The minimum Gasteiger partial charge on any atom is -0.387 e. The molecule has 9 nitrogen and oxygen atoms in total. The number of nitrogens with two attached hydrogens (primary N) is 1. The molecule has 1 saturated heterocycles. The van der Waals surface area contributed by atoms with E-state index >= 15 is 0 Å². The van der Waals surface area contributed by atoms with Crippen LogP contribution in [0, 0.1) is 6.92 Å². The Kier molecular flexibility index (Phi) is 6.15. The minimum absolute atomic E-state index is 0.0850. The molecule has 0 saturated carbocycles. The van der Waals surface area contributed by atoms with Crippen molar-refractivity contribution in [2.75, 3.05) is 18.8 Å². The third kappa shape index (κ3) is 4.52. The van der Waals surface area contributed by atoms with Crippen LogP contribution < -0.4 is 5.73 Å². The lowest BCUT2D eigenvalue weighted by atomic mass is 10.1. The van der Waals surface area contributed by atoms with Gasteiger partial charge in [-0.05, 0) is 32.3 Å². The number of ether oxygens (including phenoxy) is 1. The van der Waals surface area contributed by atoms with Crippen LogP contribution in [0.3, 0.4) is 0 Å². The Labute approximate surface area is 180 Å². The molecule has 3 atom stereocenters. The number of nitrogens with zero attached hydrogens (tertiary/aromatic N) is 5. The third-order valence-corrected chi connectivity index (χ3v) is 5.76. The standard InChI is InChI=1S/C22H28N6O3/c1-3-27(11-17(29)15-6-4-14(2)5-7-15)22(30)18-9-8-16(31-18)10-28-13-26-19-20(23)24-12-25-21(19)28/h4-7,12-13,16-18,29H,3,8-11H2,1-2H3,(H2,23,24,25)/t16-,17?,18+/m1/s1. The number of aliphatic hydroxyl groups excluding tert-OH is 1. The lowest BCUT2D eigenvalue weighted by molar-refractivity contribution is -0.144. The Bertz CT molecular complexity index is 1050. The second-order valence-corrected chi connectivity index (χ2v) is 7.96. The van der Waals surface area contributed by atoms with E-state index in [2.05, 4.69) is 15.0 Å². The minimum atomic E-state index is -0.732. The summed E-state index contributed by atoms with van der Waals surface area (Å²) >= 11 is 0. The zero-order chi connectivity index (χ0) is 22.0. The van der Waals surface area contributed by atoms with Crippen molar-refractivity contribution in [3.8, 4) is 0 Å². The highest BCUT2D eigenvalue weighted by molar-refractivity contribution is 5.82. The number of benzene rings is 1. The van der Waals surface area contributed by atoms with E-state index in [0.717, 1.165) is 17.5 Å². The first-order valence-electron chi connectivity index (χ1n) is 10.6. The van der Waals surface area contributed by atoms with Gasteiger partial charge in [-0.1, -0.05) is 29.8 Å². The fraction of sp³-hybridized carbons (Fsp3) is 0.455. The van der Waals surface area contributed by atoms with Crippen molar-refractivity contribution in [2.24, 2.45) is 0 Å². The predicted octanol–water partition coefficient (Wildman–Crippen LogP) is 1.85. The molecule has 2 aromatic heterocycles. The van der Waals surface area contributed by atoms with Crippen molar-refractivity contribution in [1.82, 2.24) is 24.4 Å². The number of imidazole rings is 1. The van der Waals surface area contributed by atoms with Gasteiger partial charge in [-0.2, -0.15) is 0 Å². The summed E-state index contributed by atoms with van der Waals surface area (Å²) in [6.07, 6.45) is 3.12. The molecular weight excluding hydrogens is 396 g/mol. The lowest BCUT2D eigenvalue weighted by Crippen LogP contribution is -2.41. The van der Waals surface area contributed by atoms with E-state index in [1.54, 1.807) is 11.2 Å². The normalized spacial score (nSPS) is 19.6. The number of nitrogen functional groups attached to an aromatic ring is 1. The third-order valence-electron chi connectivity index (χ3n) is 5.76. The zero-order valence-electron chi connectivity index (χ0n) is 17.8. The summed E-state index contributed by atoms with van der Waals surface area (Å²) in [5.74, 6) is 0.257. The summed E-state index contributed by atoms with van der Waals surface area (Å²) < 4.78 is 7.94. The number of carbonyl (C=O) groups excluding carboxylic acids is 1. The summed E-state index contributed by atoms with van der Waals surface area (Å²) in [7, 11) is 0. The summed E-state index contributed by atoms with van der Waals surface area (Å²) in [5, 5.41) is 10.6. The van der Waals surface area contributed by atoms with Crippen molar-refractivity contribution in [1.29, 1.82) is 0 Å². The topological polar surface area (TPSA) is 119 Å². The number of fused-ring (bicyclic) bond motifs is 1. The van der Waals surface area contributed by atoms with Gasteiger partial charge in [0, 0.05) is 6.54 Å². The summed E-state index contributed by atoms with van der Waals surface area (Å²) in [4.78, 5) is 27.2. The highest BCUT2D eigenvalue weighted by Gasteiger charge is 2.34. The van der Waals surface area contributed by atoms with E-state index in [9.17, 15) is 9.90 Å². The molecule has 3 heterocycles. The second kappa shape index (κ2) is 8.99. The number of likely N-dealkylation sites (N-methyl/N-ethyl adjacent to an activating group) is 1. The molecule has 1 aliphatic rings. The van der Waals surface area contributed by atoms with Crippen molar-refractivity contribution in [2.45, 2.75) is 51.5 Å². The van der Waals surface area contributed by atoms with E-state index in [0.29, 0.717) is 36.5 Å². The van der Waals surface area contributed by atoms with Crippen molar-refractivity contribution in [3.63, 3.8) is 0 Å². The largest absolute Gasteiger partial charge is 0.387 e. The summed E-state index contributed by atoms with van der Waals surface area (Å²) in [5.41, 5.74) is 9.00. The molecule has 9 heteroatoms. The van der Waals surface area contributed by atoms with Gasteiger partial charge in [0.1, 0.15) is 17.9 Å². The van der Waals surface area contributed by atoms with E-state index in [1.165, 1.54) is 6.33 Å². The van der Waals surface area contributed by atoms with E-state index < -0.39 is 12.2 Å². The molecule has 1 unspecified atom stereocenters. The monoisotopic (exact) mass is 424 g/mol. The Morgan fingerprint density at radius 2 is 2.06 bits per heavy atom. The highest BCUT2D eigenvalue weighted by Crippen LogP contribution is 2.25. The maximum atomic E-state index is 13.0. The quantitative estimate of drug-likeness (QED) is 0.594. The molecule has 4 rings (SSSR count). The van der Waals surface area contributed by atoms with E-state index in [1.807, 2.05) is 42.7 Å². The van der Waals surface area contributed by atoms with Crippen molar-refractivity contribution >= 4 is 22.9 Å². The number of hydrogen-bond acceptors (Lipinski definition) is 7. The van der Waals surface area contributed by atoms with Gasteiger partial charge < -0.3 is 25.0 Å². The van der Waals surface area contributed by atoms with Gasteiger partial charge >= 0.3 is 0 Å². The van der Waals surface area contributed by atoms with Crippen LogP contribution in [0.4, 0.5) is 5.82 Å². The molecule has 31 heavy (non-hydrogen) atoms. The maximum absolute atomic E-state index is 13.0. The first-order chi connectivity index (χ1) is 15.0. The molecule has 0 bridgehead atoms. The SMILES string of the molecule is CCN(CC(O)c1ccc(C)cc1)C(=O)[C@@H]1CC[C@H](Cn2cnc3c(N)ncnc32)O1. The fourth-order valence-corrected chi connectivity index (χ4v) is 3.95. The van der Waals surface area contributed by atoms with Crippen LogP contribution in [0.1, 0.15) is 37.0 Å². The van der Waals surface area contributed by atoms with Crippen molar-refractivity contribution < 1.29 is 14.6 Å². The molecule has 0 radical (unpaired) electrons. The van der Waals surface area contributed by atoms with Gasteiger partial charge in [-0.25, -0.2) is 15.0 Å². The average molecular weight is 425 g/mol. The molecule has 164 valence electrons. The smallest absolute Gasteiger partial charge is 0.251 e. The highest BCUT2D eigenvalue weighted by atomic mass is 16.5. The maximum Gasteiger partial charge on any atom is 0.251 e. The lowest BCUT2D eigenvalue weighted by Gasteiger charge is -2.27. The number of aromatic nitrogens is 4.